The van der Waals surface area contributed by atoms with Crippen molar-refractivity contribution in [1.29, 1.82) is 5.26 Å². The Hall–Kier alpha value is -2.66. The van der Waals surface area contributed by atoms with Crippen molar-refractivity contribution >= 4 is 23.6 Å². The summed E-state index contributed by atoms with van der Waals surface area (Å²) in [5.74, 6) is 0.951. The second kappa shape index (κ2) is 6.62. The number of amides is 1. The van der Waals surface area contributed by atoms with Gasteiger partial charge in [0.1, 0.15) is 11.9 Å². The van der Waals surface area contributed by atoms with Gasteiger partial charge in [0.15, 0.2) is 11.4 Å². The number of thiophene rings is 1. The quantitative estimate of drug-likeness (QED) is 0.828. The molecule has 0 aromatic carbocycles. The van der Waals surface area contributed by atoms with Gasteiger partial charge in [-0.15, -0.1) is 0 Å². The summed E-state index contributed by atoms with van der Waals surface area (Å²) in [6.07, 6.45) is 1.33. The van der Waals surface area contributed by atoms with Crippen LogP contribution in [0.3, 0.4) is 0 Å². The molecule has 0 unspecified atom stereocenters. The maximum atomic E-state index is 12.2. The summed E-state index contributed by atoms with van der Waals surface area (Å²) in [5.41, 5.74) is 0.679. The van der Waals surface area contributed by atoms with E-state index >= 15 is 0 Å². The molecule has 1 N–H and O–H groups in total. The highest BCUT2D eigenvalue weighted by molar-refractivity contribution is 7.07. The fourth-order valence-corrected chi connectivity index (χ4v) is 3.21. The molecule has 1 aliphatic rings. The first-order chi connectivity index (χ1) is 11.2. The Balaban J connectivity index is 1.91. The molecule has 1 amide bonds. The third-order valence-electron chi connectivity index (χ3n) is 3.78. The number of piperazine rings is 1. The maximum Gasteiger partial charge on any atom is 0.271 e. The second-order valence-electron chi connectivity index (χ2n) is 5.26. The van der Waals surface area contributed by atoms with Gasteiger partial charge in [-0.3, -0.25) is 9.59 Å². The first-order valence-corrected chi connectivity index (χ1v) is 8.14. The highest BCUT2D eigenvalue weighted by Crippen LogP contribution is 2.17. The molecule has 2 aromatic rings. The number of rotatable bonds is 4. The van der Waals surface area contributed by atoms with Crippen LogP contribution in [0.4, 0.5) is 5.82 Å². The van der Waals surface area contributed by atoms with Crippen LogP contribution in [0.2, 0.25) is 0 Å². The monoisotopic (exact) mass is 329 g/mol. The number of aromatic nitrogens is 2. The van der Waals surface area contributed by atoms with Gasteiger partial charge in [-0.1, -0.05) is 0 Å². The molecule has 1 fully saturated rings. The number of hydrogen-bond donors (Lipinski definition) is 1. The predicted octanol–water partition coefficient (Wildman–Crippen LogP) is 0.572. The van der Waals surface area contributed by atoms with Gasteiger partial charge in [-0.25, -0.2) is 4.98 Å². The minimum absolute atomic E-state index is 0.0265. The van der Waals surface area contributed by atoms with Gasteiger partial charge in [0, 0.05) is 32.6 Å². The van der Waals surface area contributed by atoms with E-state index in [4.69, 9.17) is 0 Å². The van der Waals surface area contributed by atoms with Crippen LogP contribution in [-0.2, 0) is 11.2 Å². The van der Waals surface area contributed by atoms with E-state index in [0.717, 1.165) is 12.0 Å². The smallest absolute Gasteiger partial charge is 0.271 e. The molecular formula is C15H15N5O2S. The number of anilines is 1. The number of carbonyl (C=O) groups is 1. The van der Waals surface area contributed by atoms with Gasteiger partial charge in [0.05, 0.1) is 0 Å². The van der Waals surface area contributed by atoms with Gasteiger partial charge in [-0.05, 0) is 22.4 Å². The van der Waals surface area contributed by atoms with Crippen LogP contribution in [0, 0.1) is 11.3 Å². The Morgan fingerprint density at radius 2 is 2.17 bits per heavy atom. The maximum absolute atomic E-state index is 12.2. The average molecular weight is 329 g/mol. The summed E-state index contributed by atoms with van der Waals surface area (Å²) in [7, 11) is 0. The summed E-state index contributed by atoms with van der Waals surface area (Å²) in [6.45, 7) is 2.23. The van der Waals surface area contributed by atoms with Crippen LogP contribution < -0.4 is 10.5 Å². The van der Waals surface area contributed by atoms with Crippen molar-refractivity contribution in [1.82, 2.24) is 14.9 Å². The first kappa shape index (κ1) is 15.2. The molecule has 0 radical (unpaired) electrons. The van der Waals surface area contributed by atoms with Gasteiger partial charge in [0.25, 0.3) is 5.56 Å². The number of nitrogens with zero attached hydrogens (tertiary/aromatic N) is 4. The van der Waals surface area contributed by atoms with Crippen molar-refractivity contribution in [3.05, 3.63) is 44.1 Å². The van der Waals surface area contributed by atoms with Crippen molar-refractivity contribution < 1.29 is 4.79 Å². The second-order valence-corrected chi connectivity index (χ2v) is 6.04. The Morgan fingerprint density at radius 3 is 2.78 bits per heavy atom. The molecule has 3 heterocycles. The standard InChI is InChI=1S/C15H15N5O2S/c16-8-12-14(20-4-2-19(10-21)3-5-20)17-13(18-15(12)22)7-11-1-6-23-9-11/h1,6,9-10H,2-5,7H2,(H,17,18,22). The van der Waals surface area contributed by atoms with Crippen molar-refractivity contribution in [2.24, 2.45) is 0 Å². The third-order valence-corrected chi connectivity index (χ3v) is 4.51. The topological polar surface area (TPSA) is 93.1 Å². The van der Waals surface area contributed by atoms with Crippen molar-refractivity contribution in [2.45, 2.75) is 6.42 Å². The van der Waals surface area contributed by atoms with Crippen LogP contribution in [0.1, 0.15) is 17.0 Å². The van der Waals surface area contributed by atoms with E-state index in [1.165, 1.54) is 0 Å². The molecule has 0 saturated carbocycles. The lowest BCUT2D eigenvalue weighted by Gasteiger charge is -2.33. The number of hydrogen-bond acceptors (Lipinski definition) is 6. The van der Waals surface area contributed by atoms with Crippen LogP contribution >= 0.6 is 11.3 Å². The molecule has 1 saturated heterocycles. The van der Waals surface area contributed by atoms with E-state index in [9.17, 15) is 14.9 Å². The van der Waals surface area contributed by atoms with Gasteiger partial charge < -0.3 is 14.8 Å². The molecule has 23 heavy (non-hydrogen) atoms. The fraction of sp³-hybridized carbons (Fsp3) is 0.333. The van der Waals surface area contributed by atoms with Crippen LogP contribution in [0.5, 0.6) is 0 Å². The zero-order chi connectivity index (χ0) is 16.2. The number of carbonyl (C=O) groups excluding carboxylic acids is 1. The van der Waals surface area contributed by atoms with E-state index in [2.05, 4.69) is 9.97 Å². The first-order valence-electron chi connectivity index (χ1n) is 7.20. The summed E-state index contributed by atoms with van der Waals surface area (Å²) in [6, 6.07) is 3.92. The highest BCUT2D eigenvalue weighted by Gasteiger charge is 2.22. The number of nitrogens with one attached hydrogen (secondary N) is 1. The number of aromatic amines is 1. The molecule has 0 atom stereocenters. The van der Waals surface area contributed by atoms with E-state index in [-0.39, 0.29) is 5.56 Å². The van der Waals surface area contributed by atoms with Crippen LogP contribution in [-0.4, -0.2) is 47.5 Å². The van der Waals surface area contributed by atoms with Crippen molar-refractivity contribution in [2.75, 3.05) is 31.1 Å². The minimum Gasteiger partial charge on any atom is -0.352 e. The van der Waals surface area contributed by atoms with Crippen LogP contribution in [0.15, 0.2) is 21.6 Å². The Kier molecular flexibility index (Phi) is 4.39. The Labute approximate surface area is 136 Å². The average Bonchev–Trinajstić information content (AvgIpc) is 3.07. The number of H-pyrrole nitrogens is 1. The van der Waals surface area contributed by atoms with Crippen LogP contribution in [0.25, 0.3) is 0 Å². The Bertz CT molecular complexity index is 785. The molecule has 0 bridgehead atoms. The molecule has 118 valence electrons. The molecule has 0 spiro atoms. The fourth-order valence-electron chi connectivity index (χ4n) is 2.55. The van der Waals surface area contributed by atoms with Crippen molar-refractivity contribution in [3.8, 4) is 6.07 Å². The largest absolute Gasteiger partial charge is 0.352 e. The summed E-state index contributed by atoms with van der Waals surface area (Å²) >= 11 is 1.58. The molecular weight excluding hydrogens is 314 g/mol. The zero-order valence-corrected chi connectivity index (χ0v) is 13.2. The van der Waals surface area contributed by atoms with E-state index < -0.39 is 5.56 Å². The lowest BCUT2D eigenvalue weighted by molar-refractivity contribution is -0.118. The summed E-state index contributed by atoms with van der Waals surface area (Å²) in [4.78, 5) is 33.7. The lowest BCUT2D eigenvalue weighted by Crippen LogP contribution is -2.46. The van der Waals surface area contributed by atoms with E-state index in [1.807, 2.05) is 27.8 Å². The zero-order valence-electron chi connectivity index (χ0n) is 12.4. The van der Waals surface area contributed by atoms with Gasteiger partial charge >= 0.3 is 0 Å². The van der Waals surface area contributed by atoms with Gasteiger partial charge in [-0.2, -0.15) is 16.6 Å². The molecule has 7 nitrogen and oxygen atoms in total. The highest BCUT2D eigenvalue weighted by atomic mass is 32.1. The lowest BCUT2D eigenvalue weighted by atomic mass is 10.2. The third kappa shape index (κ3) is 3.24. The molecule has 1 aliphatic heterocycles. The molecule has 0 aliphatic carbocycles. The van der Waals surface area contributed by atoms with E-state index in [0.29, 0.717) is 44.2 Å². The Morgan fingerprint density at radius 1 is 1.39 bits per heavy atom. The van der Waals surface area contributed by atoms with Gasteiger partial charge in [0.2, 0.25) is 6.41 Å². The predicted molar refractivity (Wildman–Crippen MR) is 86.5 cm³/mol. The molecule has 3 rings (SSSR count). The van der Waals surface area contributed by atoms with E-state index in [1.54, 1.807) is 16.2 Å². The molecule has 8 heteroatoms. The normalized spacial score (nSPS) is 14.6. The minimum atomic E-state index is -0.416. The SMILES string of the molecule is N#Cc1c(N2CCN(C=O)CC2)nc(Cc2ccsc2)[nH]c1=O. The summed E-state index contributed by atoms with van der Waals surface area (Å²) in [5, 5.41) is 13.2. The number of nitriles is 1. The van der Waals surface area contributed by atoms with Crippen molar-refractivity contribution in [3.63, 3.8) is 0 Å². The molecule has 2 aromatic heterocycles. The summed E-state index contributed by atoms with van der Waals surface area (Å²) < 4.78 is 0.